The fourth-order valence-electron chi connectivity index (χ4n) is 1.03. The van der Waals surface area contributed by atoms with E-state index in [2.05, 4.69) is 10.3 Å². The van der Waals surface area contributed by atoms with E-state index in [1.807, 2.05) is 0 Å². The second kappa shape index (κ2) is 3.31. The van der Waals surface area contributed by atoms with Crippen molar-refractivity contribution in [1.29, 1.82) is 0 Å². The van der Waals surface area contributed by atoms with Gasteiger partial charge in [-0.2, -0.15) is 0 Å². The summed E-state index contributed by atoms with van der Waals surface area (Å²) in [6.45, 7) is 0.544. The minimum absolute atomic E-state index is 0.00319. The molecule has 6 heteroatoms. The van der Waals surface area contributed by atoms with Crippen LogP contribution in [0.3, 0.4) is 0 Å². The number of hydrogen-bond donors (Lipinski definition) is 2. The van der Waals surface area contributed by atoms with Gasteiger partial charge in [0.1, 0.15) is 11.4 Å². The molecule has 0 spiro atoms. The minimum atomic E-state index is -0.502. The lowest BCUT2D eigenvalue weighted by molar-refractivity contribution is -0.108. The van der Waals surface area contributed by atoms with E-state index >= 15 is 0 Å². The van der Waals surface area contributed by atoms with E-state index < -0.39 is 5.78 Å². The fourth-order valence-corrected chi connectivity index (χ4v) is 1.03. The van der Waals surface area contributed by atoms with Gasteiger partial charge in [0.05, 0.1) is 0 Å². The van der Waals surface area contributed by atoms with Crippen LogP contribution in [0.4, 0.5) is 0 Å². The maximum absolute atomic E-state index is 11.1. The van der Waals surface area contributed by atoms with E-state index in [4.69, 9.17) is 10.4 Å². The smallest absolute Gasteiger partial charge is 0.230 e. The van der Waals surface area contributed by atoms with Gasteiger partial charge in [-0.25, -0.2) is 0 Å². The molecule has 2 N–H and O–H groups in total. The highest BCUT2D eigenvalue weighted by Crippen LogP contribution is 1.99. The number of ketones is 1. The number of carbonyl (C=O) groups is 1. The molecule has 12 heavy (non-hydrogen) atoms. The fraction of sp³-hybridized carbons (Fsp3) is 0.500. The average molecular weight is 171 g/mol. The molecule has 6 nitrogen and oxygen atoms in total. The topological polar surface area (TPSA) is 85.5 Å². The van der Waals surface area contributed by atoms with Crippen molar-refractivity contribution < 1.29 is 15.2 Å². The number of rotatable bonds is 0. The van der Waals surface area contributed by atoms with Gasteiger partial charge < -0.3 is 10.4 Å². The van der Waals surface area contributed by atoms with Crippen molar-refractivity contribution in [3.05, 3.63) is 0 Å². The van der Waals surface area contributed by atoms with Gasteiger partial charge in [0.25, 0.3) is 0 Å². The van der Waals surface area contributed by atoms with Crippen LogP contribution in [0.25, 0.3) is 0 Å². The first-order valence-electron chi connectivity index (χ1n) is 3.34. The standard InChI is InChI=1S/C6H9N3O3/c1-9-2-4(7-11)6(10)5(3-9)8-12/h11-12H,2-3H2,1H3. The monoisotopic (exact) mass is 171 g/mol. The van der Waals surface area contributed by atoms with Crippen LogP contribution in [-0.2, 0) is 4.79 Å². The van der Waals surface area contributed by atoms with Crippen LogP contribution < -0.4 is 0 Å². The molecule has 0 bridgehead atoms. The van der Waals surface area contributed by atoms with Crippen LogP contribution in [0.1, 0.15) is 0 Å². The number of likely N-dealkylation sites (tertiary alicyclic amines) is 1. The van der Waals surface area contributed by atoms with E-state index in [1.165, 1.54) is 0 Å². The van der Waals surface area contributed by atoms with Crippen LogP contribution >= 0.6 is 0 Å². The third kappa shape index (κ3) is 1.42. The van der Waals surface area contributed by atoms with Crippen molar-refractivity contribution in [3.8, 4) is 0 Å². The normalized spacial score (nSPS) is 26.9. The maximum Gasteiger partial charge on any atom is 0.230 e. The molecule has 1 heterocycles. The van der Waals surface area contributed by atoms with E-state index in [-0.39, 0.29) is 24.5 Å². The van der Waals surface area contributed by atoms with Crippen LogP contribution in [0.5, 0.6) is 0 Å². The van der Waals surface area contributed by atoms with Gasteiger partial charge in [0.2, 0.25) is 5.78 Å². The van der Waals surface area contributed by atoms with Crippen LogP contribution in [-0.4, -0.2) is 52.7 Å². The highest BCUT2D eigenvalue weighted by atomic mass is 16.4. The van der Waals surface area contributed by atoms with E-state index in [0.717, 1.165) is 0 Å². The lowest BCUT2D eigenvalue weighted by atomic mass is 10.1. The molecular weight excluding hydrogens is 162 g/mol. The molecule has 1 rings (SSSR count). The Bertz CT molecular complexity index is 235. The van der Waals surface area contributed by atoms with E-state index in [0.29, 0.717) is 0 Å². The second-order valence-corrected chi connectivity index (χ2v) is 2.59. The molecule has 0 atom stereocenters. The van der Waals surface area contributed by atoms with Gasteiger partial charge >= 0.3 is 0 Å². The summed E-state index contributed by atoms with van der Waals surface area (Å²) in [7, 11) is 1.72. The molecule has 1 saturated heterocycles. The van der Waals surface area contributed by atoms with Crippen molar-refractivity contribution in [1.82, 2.24) is 4.90 Å². The summed E-state index contributed by atoms with van der Waals surface area (Å²) in [5, 5.41) is 22.4. The number of carbonyl (C=O) groups excluding carboxylic acids is 1. The lowest BCUT2D eigenvalue weighted by Gasteiger charge is -2.21. The van der Waals surface area contributed by atoms with Crippen LogP contribution in [0, 0.1) is 0 Å². The molecule has 1 aliphatic rings. The predicted molar refractivity (Wildman–Crippen MR) is 40.9 cm³/mol. The Labute approximate surface area is 68.8 Å². The number of Topliss-reactive ketones (excluding diaryl/α,β-unsaturated/α-hetero) is 1. The van der Waals surface area contributed by atoms with Gasteiger partial charge in [-0.1, -0.05) is 10.3 Å². The third-order valence-corrected chi connectivity index (χ3v) is 1.60. The Morgan fingerprint density at radius 2 is 1.67 bits per heavy atom. The maximum atomic E-state index is 11.1. The zero-order valence-corrected chi connectivity index (χ0v) is 6.56. The molecule has 1 aliphatic heterocycles. The first-order chi connectivity index (χ1) is 5.69. The third-order valence-electron chi connectivity index (χ3n) is 1.60. The van der Waals surface area contributed by atoms with Crippen molar-refractivity contribution in [2.24, 2.45) is 10.3 Å². The Hall–Kier alpha value is -1.43. The predicted octanol–water partition coefficient (Wildman–Crippen LogP) is -0.839. The Morgan fingerprint density at radius 3 is 2.00 bits per heavy atom. The Kier molecular flexibility index (Phi) is 2.39. The number of nitrogens with zero attached hydrogens (tertiary/aromatic N) is 3. The van der Waals surface area contributed by atoms with Crippen LogP contribution in [0.2, 0.25) is 0 Å². The highest BCUT2D eigenvalue weighted by Gasteiger charge is 2.27. The minimum Gasteiger partial charge on any atom is -0.410 e. The average Bonchev–Trinajstić information content (AvgIpc) is 2.08. The largest absolute Gasteiger partial charge is 0.410 e. The van der Waals surface area contributed by atoms with Gasteiger partial charge in [-0.15, -0.1) is 0 Å². The zero-order valence-electron chi connectivity index (χ0n) is 6.56. The summed E-state index contributed by atoms with van der Waals surface area (Å²) in [6.07, 6.45) is 0. The summed E-state index contributed by atoms with van der Waals surface area (Å²) >= 11 is 0. The SMILES string of the molecule is CN1CC(=NO)C(=O)C(=NO)C1. The summed E-state index contributed by atoms with van der Waals surface area (Å²) < 4.78 is 0. The van der Waals surface area contributed by atoms with Crippen molar-refractivity contribution in [3.63, 3.8) is 0 Å². The van der Waals surface area contributed by atoms with Crippen molar-refractivity contribution >= 4 is 17.2 Å². The molecule has 0 unspecified atom stereocenters. The molecule has 0 aromatic rings. The molecule has 0 radical (unpaired) electrons. The number of piperidine rings is 1. The Balaban J connectivity index is 2.90. The van der Waals surface area contributed by atoms with Crippen molar-refractivity contribution in [2.75, 3.05) is 20.1 Å². The molecule has 0 aromatic heterocycles. The molecular formula is C6H9N3O3. The van der Waals surface area contributed by atoms with Crippen LogP contribution in [0.15, 0.2) is 10.3 Å². The molecule has 0 amide bonds. The first kappa shape index (κ1) is 8.66. The second-order valence-electron chi connectivity index (χ2n) is 2.59. The van der Waals surface area contributed by atoms with Gasteiger partial charge in [-0.3, -0.25) is 9.69 Å². The molecule has 0 saturated carbocycles. The number of oxime groups is 2. The first-order valence-corrected chi connectivity index (χ1v) is 3.34. The van der Waals surface area contributed by atoms with Gasteiger partial charge in [-0.05, 0) is 7.05 Å². The zero-order chi connectivity index (χ0) is 9.14. The summed E-state index contributed by atoms with van der Waals surface area (Å²) in [4.78, 5) is 12.8. The Morgan fingerprint density at radius 1 is 1.25 bits per heavy atom. The van der Waals surface area contributed by atoms with E-state index in [9.17, 15) is 4.79 Å². The molecule has 0 aromatic carbocycles. The number of hydrogen-bond acceptors (Lipinski definition) is 6. The quantitative estimate of drug-likeness (QED) is 0.367. The van der Waals surface area contributed by atoms with Crippen molar-refractivity contribution in [2.45, 2.75) is 0 Å². The molecule has 66 valence electrons. The molecule has 1 fully saturated rings. The summed E-state index contributed by atoms with van der Waals surface area (Å²) in [6, 6.07) is 0. The summed E-state index contributed by atoms with van der Waals surface area (Å²) in [5.74, 6) is -0.502. The summed E-state index contributed by atoms with van der Waals surface area (Å²) in [5.41, 5.74) is -0.00639. The molecule has 0 aliphatic carbocycles. The highest BCUT2D eigenvalue weighted by molar-refractivity contribution is 6.68. The van der Waals surface area contributed by atoms with Gasteiger partial charge in [0.15, 0.2) is 0 Å². The van der Waals surface area contributed by atoms with E-state index in [1.54, 1.807) is 11.9 Å². The lowest BCUT2D eigenvalue weighted by Crippen LogP contribution is -2.46. The van der Waals surface area contributed by atoms with Gasteiger partial charge in [0, 0.05) is 13.1 Å².